The van der Waals surface area contributed by atoms with Gasteiger partial charge in [0.1, 0.15) is 0 Å². The fraction of sp³-hybridized carbons (Fsp3) is 1.00. The monoisotopic (exact) mass is 171 g/mol. The standard InChI is InChI=1S/C10H21NO/c1-10(2,9-12)8-11-6-4-3-5-7-11/h12H,3-9H2,1-2H3. The molecule has 1 aliphatic heterocycles. The van der Waals surface area contributed by atoms with Crippen LogP contribution in [-0.4, -0.2) is 36.2 Å². The lowest BCUT2D eigenvalue weighted by molar-refractivity contribution is 0.0924. The molecule has 0 spiro atoms. The number of hydrogen-bond acceptors (Lipinski definition) is 2. The van der Waals surface area contributed by atoms with Gasteiger partial charge in [-0.1, -0.05) is 20.3 Å². The van der Waals surface area contributed by atoms with Gasteiger partial charge < -0.3 is 10.0 Å². The van der Waals surface area contributed by atoms with Crippen molar-refractivity contribution in [1.82, 2.24) is 4.90 Å². The zero-order chi connectivity index (χ0) is 9.03. The van der Waals surface area contributed by atoms with E-state index in [1.807, 2.05) is 0 Å². The van der Waals surface area contributed by atoms with Crippen LogP contribution < -0.4 is 0 Å². The van der Waals surface area contributed by atoms with Crippen LogP contribution >= 0.6 is 0 Å². The summed E-state index contributed by atoms with van der Waals surface area (Å²) in [5.41, 5.74) is 0.0807. The van der Waals surface area contributed by atoms with Crippen LogP contribution in [0.2, 0.25) is 0 Å². The fourth-order valence-corrected chi connectivity index (χ4v) is 1.77. The highest BCUT2D eigenvalue weighted by Crippen LogP contribution is 2.18. The molecule has 72 valence electrons. The Morgan fingerprint density at radius 1 is 1.17 bits per heavy atom. The molecule has 0 aromatic rings. The number of aliphatic hydroxyl groups excluding tert-OH is 1. The first kappa shape index (κ1) is 10.0. The van der Waals surface area contributed by atoms with Crippen molar-refractivity contribution in [3.05, 3.63) is 0 Å². The summed E-state index contributed by atoms with van der Waals surface area (Å²) in [4.78, 5) is 2.47. The predicted octanol–water partition coefficient (Wildman–Crippen LogP) is 1.49. The van der Waals surface area contributed by atoms with E-state index in [1.54, 1.807) is 0 Å². The van der Waals surface area contributed by atoms with Gasteiger partial charge in [-0.3, -0.25) is 0 Å². The first-order chi connectivity index (χ1) is 5.64. The molecule has 2 heteroatoms. The quantitative estimate of drug-likeness (QED) is 0.695. The molecule has 0 aromatic heterocycles. The van der Waals surface area contributed by atoms with Crippen molar-refractivity contribution in [2.75, 3.05) is 26.2 Å². The van der Waals surface area contributed by atoms with Gasteiger partial charge in [0.2, 0.25) is 0 Å². The van der Waals surface area contributed by atoms with Crippen LogP contribution in [0.4, 0.5) is 0 Å². The van der Waals surface area contributed by atoms with Crippen molar-refractivity contribution in [2.45, 2.75) is 33.1 Å². The van der Waals surface area contributed by atoms with E-state index in [2.05, 4.69) is 18.7 Å². The van der Waals surface area contributed by atoms with E-state index in [0.717, 1.165) is 6.54 Å². The molecule has 1 fully saturated rings. The Bertz CT molecular complexity index is 128. The Labute approximate surface area is 75.6 Å². The second-order valence-electron chi connectivity index (χ2n) is 4.66. The molecule has 2 nitrogen and oxygen atoms in total. The zero-order valence-corrected chi connectivity index (χ0v) is 8.34. The minimum atomic E-state index is 0.0807. The molecular formula is C10H21NO. The van der Waals surface area contributed by atoms with Crippen molar-refractivity contribution in [3.8, 4) is 0 Å². The first-order valence-electron chi connectivity index (χ1n) is 4.97. The van der Waals surface area contributed by atoms with Crippen molar-refractivity contribution in [3.63, 3.8) is 0 Å². The van der Waals surface area contributed by atoms with Crippen LogP contribution in [0.3, 0.4) is 0 Å². The van der Waals surface area contributed by atoms with Crippen molar-refractivity contribution in [2.24, 2.45) is 5.41 Å². The molecule has 0 amide bonds. The van der Waals surface area contributed by atoms with Crippen molar-refractivity contribution < 1.29 is 5.11 Å². The Morgan fingerprint density at radius 2 is 1.75 bits per heavy atom. The van der Waals surface area contributed by atoms with Crippen LogP contribution in [0.15, 0.2) is 0 Å². The fourth-order valence-electron chi connectivity index (χ4n) is 1.77. The molecule has 0 bridgehead atoms. The molecule has 0 radical (unpaired) electrons. The number of nitrogens with zero attached hydrogens (tertiary/aromatic N) is 1. The summed E-state index contributed by atoms with van der Waals surface area (Å²) in [6.07, 6.45) is 4.05. The summed E-state index contributed by atoms with van der Waals surface area (Å²) in [5.74, 6) is 0. The lowest BCUT2D eigenvalue weighted by Gasteiger charge is -2.33. The predicted molar refractivity (Wildman–Crippen MR) is 51.2 cm³/mol. The van der Waals surface area contributed by atoms with Gasteiger partial charge in [0.05, 0.1) is 0 Å². The van der Waals surface area contributed by atoms with E-state index < -0.39 is 0 Å². The molecule has 0 saturated carbocycles. The molecule has 0 aliphatic carbocycles. The van der Waals surface area contributed by atoms with Gasteiger partial charge in [-0.2, -0.15) is 0 Å². The Balaban J connectivity index is 2.28. The lowest BCUT2D eigenvalue weighted by Crippen LogP contribution is -2.39. The van der Waals surface area contributed by atoms with E-state index in [9.17, 15) is 0 Å². The maximum Gasteiger partial charge on any atom is 0.0494 e. The minimum Gasteiger partial charge on any atom is -0.396 e. The summed E-state index contributed by atoms with van der Waals surface area (Å²) >= 11 is 0. The maximum absolute atomic E-state index is 9.10. The zero-order valence-electron chi connectivity index (χ0n) is 8.34. The SMILES string of the molecule is CC(C)(CO)CN1CCCCC1. The van der Waals surface area contributed by atoms with E-state index in [4.69, 9.17) is 5.11 Å². The minimum absolute atomic E-state index is 0.0807. The van der Waals surface area contributed by atoms with E-state index in [-0.39, 0.29) is 5.41 Å². The van der Waals surface area contributed by atoms with Gasteiger partial charge in [0, 0.05) is 18.6 Å². The van der Waals surface area contributed by atoms with Gasteiger partial charge in [-0.05, 0) is 25.9 Å². The highest BCUT2D eigenvalue weighted by atomic mass is 16.3. The summed E-state index contributed by atoms with van der Waals surface area (Å²) in [7, 11) is 0. The van der Waals surface area contributed by atoms with Crippen LogP contribution in [0.5, 0.6) is 0 Å². The third kappa shape index (κ3) is 3.11. The Kier molecular flexibility index (Phi) is 3.53. The highest BCUT2D eigenvalue weighted by Gasteiger charge is 2.21. The molecule has 1 aliphatic rings. The second-order valence-corrected chi connectivity index (χ2v) is 4.66. The molecular weight excluding hydrogens is 150 g/mol. The molecule has 1 N–H and O–H groups in total. The summed E-state index contributed by atoms with van der Waals surface area (Å²) in [6.45, 7) is 8.04. The normalized spacial score (nSPS) is 21.2. The molecule has 1 heterocycles. The van der Waals surface area contributed by atoms with Crippen LogP contribution in [0.25, 0.3) is 0 Å². The number of hydrogen-bond donors (Lipinski definition) is 1. The number of piperidine rings is 1. The maximum atomic E-state index is 9.10. The van der Waals surface area contributed by atoms with Crippen LogP contribution in [0, 0.1) is 5.41 Å². The number of rotatable bonds is 3. The third-order valence-electron chi connectivity index (χ3n) is 2.53. The van der Waals surface area contributed by atoms with Crippen LogP contribution in [-0.2, 0) is 0 Å². The molecule has 0 aromatic carbocycles. The smallest absolute Gasteiger partial charge is 0.0494 e. The summed E-state index contributed by atoms with van der Waals surface area (Å²) in [6, 6.07) is 0. The first-order valence-corrected chi connectivity index (χ1v) is 4.97. The van der Waals surface area contributed by atoms with E-state index >= 15 is 0 Å². The second kappa shape index (κ2) is 4.24. The van der Waals surface area contributed by atoms with Gasteiger partial charge in [-0.25, -0.2) is 0 Å². The topological polar surface area (TPSA) is 23.5 Å². The molecule has 0 atom stereocenters. The molecule has 12 heavy (non-hydrogen) atoms. The Hall–Kier alpha value is -0.0800. The third-order valence-corrected chi connectivity index (χ3v) is 2.53. The average Bonchev–Trinajstić information content (AvgIpc) is 2.06. The number of likely N-dealkylation sites (tertiary alicyclic amines) is 1. The van der Waals surface area contributed by atoms with Crippen LogP contribution in [0.1, 0.15) is 33.1 Å². The van der Waals surface area contributed by atoms with Gasteiger partial charge in [-0.15, -0.1) is 0 Å². The van der Waals surface area contributed by atoms with Gasteiger partial charge in [0.25, 0.3) is 0 Å². The molecule has 0 unspecified atom stereocenters. The van der Waals surface area contributed by atoms with E-state index in [0.29, 0.717) is 6.61 Å². The Morgan fingerprint density at radius 3 is 2.25 bits per heavy atom. The number of aliphatic hydroxyl groups is 1. The molecule has 1 saturated heterocycles. The van der Waals surface area contributed by atoms with E-state index in [1.165, 1.54) is 32.4 Å². The van der Waals surface area contributed by atoms with Crippen molar-refractivity contribution in [1.29, 1.82) is 0 Å². The van der Waals surface area contributed by atoms with Gasteiger partial charge in [0.15, 0.2) is 0 Å². The van der Waals surface area contributed by atoms with Gasteiger partial charge >= 0.3 is 0 Å². The highest BCUT2D eigenvalue weighted by molar-refractivity contribution is 4.74. The average molecular weight is 171 g/mol. The van der Waals surface area contributed by atoms with Crippen molar-refractivity contribution >= 4 is 0 Å². The summed E-state index contributed by atoms with van der Waals surface area (Å²) < 4.78 is 0. The lowest BCUT2D eigenvalue weighted by atomic mass is 9.93. The summed E-state index contributed by atoms with van der Waals surface area (Å²) in [5, 5.41) is 9.10. The largest absolute Gasteiger partial charge is 0.396 e. The molecule has 1 rings (SSSR count).